The maximum atomic E-state index is 13.1. The molecular weight excluding hydrogens is 437 g/mol. The fraction of sp³-hybridized carbons (Fsp3) is 0.125. The van der Waals surface area contributed by atoms with Crippen molar-refractivity contribution in [3.63, 3.8) is 0 Å². The molecule has 9 nitrogen and oxygen atoms in total. The number of hydrogen-bond acceptors (Lipinski definition) is 5. The lowest BCUT2D eigenvalue weighted by Gasteiger charge is -2.07. The SMILES string of the molecule is O=C(NCCn1ncc2c(=O)n(Cc3ccc(F)cc3)cnc21)c1cc(-c2ccccc2)n[nH]1. The number of amides is 1. The Morgan fingerprint density at radius 2 is 1.88 bits per heavy atom. The molecule has 0 aliphatic rings. The van der Waals surface area contributed by atoms with Gasteiger partial charge in [0.25, 0.3) is 11.5 Å². The number of benzene rings is 2. The summed E-state index contributed by atoms with van der Waals surface area (Å²) in [6.07, 6.45) is 2.91. The van der Waals surface area contributed by atoms with Crippen molar-refractivity contribution in [2.75, 3.05) is 6.54 Å². The predicted octanol–water partition coefficient (Wildman–Crippen LogP) is 2.60. The van der Waals surface area contributed by atoms with E-state index < -0.39 is 0 Å². The van der Waals surface area contributed by atoms with Gasteiger partial charge in [-0.1, -0.05) is 42.5 Å². The summed E-state index contributed by atoms with van der Waals surface area (Å²) in [6.45, 7) is 0.900. The third kappa shape index (κ3) is 4.33. The smallest absolute Gasteiger partial charge is 0.269 e. The van der Waals surface area contributed by atoms with Crippen molar-refractivity contribution in [2.45, 2.75) is 13.1 Å². The van der Waals surface area contributed by atoms with Gasteiger partial charge in [0, 0.05) is 12.1 Å². The average molecular weight is 457 g/mol. The molecule has 5 aromatic rings. The molecule has 0 fully saturated rings. The van der Waals surface area contributed by atoms with E-state index in [4.69, 9.17) is 0 Å². The Balaban J connectivity index is 1.24. The summed E-state index contributed by atoms with van der Waals surface area (Å²) in [5.74, 6) is -0.622. The third-order valence-corrected chi connectivity index (χ3v) is 5.39. The Labute approximate surface area is 192 Å². The Kier molecular flexibility index (Phi) is 5.69. The maximum absolute atomic E-state index is 13.1. The summed E-state index contributed by atoms with van der Waals surface area (Å²) in [7, 11) is 0. The van der Waals surface area contributed by atoms with Crippen molar-refractivity contribution in [3.8, 4) is 11.3 Å². The Hall–Kier alpha value is -4.60. The van der Waals surface area contributed by atoms with E-state index in [1.165, 1.54) is 29.2 Å². The van der Waals surface area contributed by atoms with E-state index >= 15 is 0 Å². The number of fused-ring (bicyclic) bond motifs is 1. The van der Waals surface area contributed by atoms with Gasteiger partial charge in [0.15, 0.2) is 5.65 Å². The van der Waals surface area contributed by atoms with Gasteiger partial charge in [-0.15, -0.1) is 0 Å². The molecule has 3 heterocycles. The van der Waals surface area contributed by atoms with Crippen LogP contribution in [0.2, 0.25) is 0 Å². The van der Waals surface area contributed by atoms with E-state index in [1.54, 1.807) is 22.9 Å². The van der Waals surface area contributed by atoms with E-state index in [0.29, 0.717) is 29.0 Å². The summed E-state index contributed by atoms with van der Waals surface area (Å²) >= 11 is 0. The second kappa shape index (κ2) is 9.10. The third-order valence-electron chi connectivity index (χ3n) is 5.39. The van der Waals surface area contributed by atoms with Gasteiger partial charge in [-0.2, -0.15) is 10.2 Å². The molecule has 3 aromatic heterocycles. The van der Waals surface area contributed by atoms with Crippen LogP contribution < -0.4 is 10.9 Å². The second-order valence-electron chi connectivity index (χ2n) is 7.70. The zero-order chi connectivity index (χ0) is 23.5. The molecule has 10 heteroatoms. The van der Waals surface area contributed by atoms with Gasteiger partial charge in [0.1, 0.15) is 23.2 Å². The monoisotopic (exact) mass is 457 g/mol. The van der Waals surface area contributed by atoms with E-state index in [9.17, 15) is 14.0 Å². The number of nitrogens with zero attached hydrogens (tertiary/aromatic N) is 5. The van der Waals surface area contributed by atoms with Gasteiger partial charge >= 0.3 is 0 Å². The highest BCUT2D eigenvalue weighted by Gasteiger charge is 2.13. The minimum absolute atomic E-state index is 0.240. The summed E-state index contributed by atoms with van der Waals surface area (Å²) in [5.41, 5.74) is 2.93. The fourth-order valence-corrected chi connectivity index (χ4v) is 3.63. The molecule has 2 aromatic carbocycles. The number of aromatic amines is 1. The molecule has 0 aliphatic carbocycles. The molecule has 0 bridgehead atoms. The van der Waals surface area contributed by atoms with Gasteiger partial charge < -0.3 is 5.32 Å². The van der Waals surface area contributed by atoms with Crippen molar-refractivity contribution < 1.29 is 9.18 Å². The zero-order valence-corrected chi connectivity index (χ0v) is 18.0. The number of nitrogens with one attached hydrogen (secondary N) is 2. The van der Waals surface area contributed by atoms with Crippen molar-refractivity contribution in [3.05, 3.63) is 101 Å². The lowest BCUT2D eigenvalue weighted by molar-refractivity contribution is 0.0947. The van der Waals surface area contributed by atoms with E-state index in [2.05, 4.69) is 25.6 Å². The number of hydrogen-bond donors (Lipinski definition) is 2. The van der Waals surface area contributed by atoms with Crippen LogP contribution in [0.3, 0.4) is 0 Å². The lowest BCUT2D eigenvalue weighted by atomic mass is 10.1. The van der Waals surface area contributed by atoms with E-state index in [0.717, 1.165) is 11.1 Å². The van der Waals surface area contributed by atoms with Gasteiger partial charge in [0.2, 0.25) is 0 Å². The van der Waals surface area contributed by atoms with Gasteiger partial charge in [-0.05, 0) is 23.8 Å². The lowest BCUT2D eigenvalue weighted by Crippen LogP contribution is -2.28. The molecule has 0 unspecified atom stereocenters. The number of carbonyl (C=O) groups excluding carboxylic acids is 1. The van der Waals surface area contributed by atoms with Gasteiger partial charge in [0.05, 0.1) is 25.0 Å². The van der Waals surface area contributed by atoms with E-state index in [1.807, 2.05) is 30.3 Å². The Morgan fingerprint density at radius 3 is 2.68 bits per heavy atom. The highest BCUT2D eigenvalue weighted by molar-refractivity contribution is 5.93. The first-order chi connectivity index (χ1) is 16.6. The van der Waals surface area contributed by atoms with Crippen molar-refractivity contribution in [2.24, 2.45) is 0 Å². The molecule has 1 amide bonds. The van der Waals surface area contributed by atoms with Crippen LogP contribution in [0.5, 0.6) is 0 Å². The Bertz CT molecular complexity index is 1500. The first kappa shape index (κ1) is 21.3. The number of carbonyl (C=O) groups is 1. The number of halogens is 1. The van der Waals surface area contributed by atoms with Crippen molar-refractivity contribution in [1.82, 2.24) is 34.8 Å². The molecule has 5 rings (SSSR count). The highest BCUT2D eigenvalue weighted by Crippen LogP contribution is 2.16. The minimum atomic E-state index is -0.331. The van der Waals surface area contributed by atoms with E-state index in [-0.39, 0.29) is 30.4 Å². The van der Waals surface area contributed by atoms with Crippen LogP contribution >= 0.6 is 0 Å². The normalized spacial score (nSPS) is 11.1. The molecule has 2 N–H and O–H groups in total. The van der Waals surface area contributed by atoms with Crippen LogP contribution in [0.1, 0.15) is 16.1 Å². The van der Waals surface area contributed by atoms with Crippen LogP contribution in [-0.4, -0.2) is 42.0 Å². The van der Waals surface area contributed by atoms with Crippen molar-refractivity contribution >= 4 is 16.9 Å². The van der Waals surface area contributed by atoms with Crippen LogP contribution in [0.4, 0.5) is 4.39 Å². The fourth-order valence-electron chi connectivity index (χ4n) is 3.63. The summed E-state index contributed by atoms with van der Waals surface area (Å²) < 4.78 is 16.1. The number of rotatable bonds is 7. The standard InChI is InChI=1S/C24H20FN7O2/c25-18-8-6-16(7-9-18)14-31-15-27-22-19(24(31)34)13-28-32(22)11-10-26-23(33)21-12-20(29-30-21)17-4-2-1-3-5-17/h1-9,12-13,15H,10-11,14H2,(H,26,33)(H,29,30). The number of H-pyrrole nitrogens is 1. The predicted molar refractivity (Wildman–Crippen MR) is 124 cm³/mol. The van der Waals surface area contributed by atoms with Crippen molar-refractivity contribution in [1.29, 1.82) is 0 Å². The van der Waals surface area contributed by atoms with Gasteiger partial charge in [-0.3, -0.25) is 19.3 Å². The molecular formula is C24H20FN7O2. The van der Waals surface area contributed by atoms with Crippen LogP contribution in [-0.2, 0) is 13.1 Å². The maximum Gasteiger partial charge on any atom is 0.269 e. The first-order valence-electron chi connectivity index (χ1n) is 10.6. The molecule has 170 valence electrons. The molecule has 0 atom stereocenters. The first-order valence-corrected chi connectivity index (χ1v) is 10.6. The summed E-state index contributed by atoms with van der Waals surface area (Å²) in [5, 5.41) is 14.4. The minimum Gasteiger partial charge on any atom is -0.349 e. The topological polar surface area (TPSA) is 110 Å². The van der Waals surface area contributed by atoms with Crippen LogP contribution in [0.25, 0.3) is 22.3 Å². The largest absolute Gasteiger partial charge is 0.349 e. The molecule has 0 aliphatic heterocycles. The summed E-state index contributed by atoms with van der Waals surface area (Å²) in [4.78, 5) is 29.7. The summed E-state index contributed by atoms with van der Waals surface area (Å²) in [6, 6.07) is 17.2. The quantitative estimate of drug-likeness (QED) is 0.390. The Morgan fingerprint density at radius 1 is 1.09 bits per heavy atom. The van der Waals surface area contributed by atoms with Crippen LogP contribution in [0.15, 0.2) is 78.0 Å². The highest BCUT2D eigenvalue weighted by atomic mass is 19.1. The average Bonchev–Trinajstić information content (AvgIpc) is 3.51. The van der Waals surface area contributed by atoms with Crippen LogP contribution in [0, 0.1) is 5.82 Å². The molecule has 34 heavy (non-hydrogen) atoms. The second-order valence-corrected chi connectivity index (χ2v) is 7.70. The van der Waals surface area contributed by atoms with Gasteiger partial charge in [-0.25, -0.2) is 14.1 Å². The molecule has 0 saturated heterocycles. The number of aromatic nitrogens is 6. The zero-order valence-electron chi connectivity index (χ0n) is 18.0. The molecule has 0 radical (unpaired) electrons. The molecule has 0 spiro atoms. The molecule has 0 saturated carbocycles.